The SMILES string of the molecule is CCNCC1CCC(C)(C)CC1c1ccccc1C. The van der Waals surface area contributed by atoms with Gasteiger partial charge in [-0.25, -0.2) is 0 Å². The molecule has 0 aromatic heterocycles. The molecule has 106 valence electrons. The van der Waals surface area contributed by atoms with Gasteiger partial charge in [0.05, 0.1) is 0 Å². The van der Waals surface area contributed by atoms with Gasteiger partial charge in [-0.15, -0.1) is 0 Å². The maximum Gasteiger partial charge on any atom is -0.00148 e. The van der Waals surface area contributed by atoms with Crippen LogP contribution in [-0.4, -0.2) is 13.1 Å². The second-order valence-corrected chi connectivity index (χ2v) is 6.94. The molecule has 0 bridgehead atoms. The van der Waals surface area contributed by atoms with Gasteiger partial charge in [0.25, 0.3) is 0 Å². The minimum Gasteiger partial charge on any atom is -0.317 e. The molecule has 1 aromatic rings. The first-order valence-corrected chi connectivity index (χ1v) is 7.80. The predicted molar refractivity (Wildman–Crippen MR) is 83.6 cm³/mol. The predicted octanol–water partition coefficient (Wildman–Crippen LogP) is 4.51. The highest BCUT2D eigenvalue weighted by Gasteiger charge is 2.35. The van der Waals surface area contributed by atoms with Crippen LogP contribution in [0.1, 0.15) is 57.1 Å². The lowest BCUT2D eigenvalue weighted by molar-refractivity contribution is 0.160. The van der Waals surface area contributed by atoms with E-state index in [4.69, 9.17) is 0 Å². The Bertz CT molecular complexity index is 408. The van der Waals surface area contributed by atoms with Gasteiger partial charge >= 0.3 is 0 Å². The first-order valence-electron chi connectivity index (χ1n) is 7.80. The highest BCUT2D eigenvalue weighted by Crippen LogP contribution is 2.47. The summed E-state index contributed by atoms with van der Waals surface area (Å²) >= 11 is 0. The Labute approximate surface area is 118 Å². The van der Waals surface area contributed by atoms with Crippen LogP contribution < -0.4 is 5.32 Å². The van der Waals surface area contributed by atoms with Gasteiger partial charge in [-0.2, -0.15) is 0 Å². The molecule has 1 aliphatic rings. The molecule has 2 atom stereocenters. The number of aryl methyl sites for hydroxylation is 1. The lowest BCUT2D eigenvalue weighted by atomic mass is 9.64. The monoisotopic (exact) mass is 259 g/mol. The van der Waals surface area contributed by atoms with Crippen molar-refractivity contribution in [2.24, 2.45) is 11.3 Å². The average molecular weight is 259 g/mol. The number of hydrogen-bond acceptors (Lipinski definition) is 1. The molecule has 0 radical (unpaired) electrons. The van der Waals surface area contributed by atoms with Crippen LogP contribution in [0.5, 0.6) is 0 Å². The van der Waals surface area contributed by atoms with Crippen LogP contribution in [0.4, 0.5) is 0 Å². The molecule has 2 rings (SSSR count). The molecule has 0 aliphatic heterocycles. The van der Waals surface area contributed by atoms with Crippen LogP contribution in [-0.2, 0) is 0 Å². The summed E-state index contributed by atoms with van der Waals surface area (Å²) in [7, 11) is 0. The minimum absolute atomic E-state index is 0.496. The summed E-state index contributed by atoms with van der Waals surface area (Å²) in [5.41, 5.74) is 3.54. The Morgan fingerprint density at radius 1 is 1.26 bits per heavy atom. The Balaban J connectivity index is 2.22. The van der Waals surface area contributed by atoms with Crippen molar-refractivity contribution >= 4 is 0 Å². The average Bonchev–Trinajstić information content (AvgIpc) is 2.37. The van der Waals surface area contributed by atoms with Crippen molar-refractivity contribution in [3.05, 3.63) is 35.4 Å². The second kappa shape index (κ2) is 6.09. The first kappa shape index (κ1) is 14.6. The Morgan fingerprint density at radius 3 is 2.68 bits per heavy atom. The molecule has 1 saturated carbocycles. The number of rotatable bonds is 4. The molecule has 1 N–H and O–H groups in total. The molecule has 19 heavy (non-hydrogen) atoms. The molecule has 0 spiro atoms. The normalized spacial score (nSPS) is 26.3. The van der Waals surface area contributed by atoms with E-state index < -0.39 is 0 Å². The Morgan fingerprint density at radius 2 is 2.00 bits per heavy atom. The summed E-state index contributed by atoms with van der Waals surface area (Å²) < 4.78 is 0. The van der Waals surface area contributed by atoms with Crippen molar-refractivity contribution in [1.82, 2.24) is 5.32 Å². The number of benzene rings is 1. The molecule has 1 fully saturated rings. The van der Waals surface area contributed by atoms with Crippen LogP contribution in [0.25, 0.3) is 0 Å². The topological polar surface area (TPSA) is 12.0 Å². The van der Waals surface area contributed by atoms with Gasteiger partial charge in [0.1, 0.15) is 0 Å². The summed E-state index contributed by atoms with van der Waals surface area (Å²) in [6.07, 6.45) is 4.05. The molecule has 1 heteroatoms. The molecule has 0 saturated heterocycles. The van der Waals surface area contributed by atoms with Crippen molar-refractivity contribution in [1.29, 1.82) is 0 Å². The zero-order chi connectivity index (χ0) is 13.9. The van der Waals surface area contributed by atoms with E-state index in [0.717, 1.165) is 18.4 Å². The minimum atomic E-state index is 0.496. The van der Waals surface area contributed by atoms with Crippen LogP contribution in [0.2, 0.25) is 0 Å². The molecule has 0 heterocycles. The molecular weight excluding hydrogens is 230 g/mol. The van der Waals surface area contributed by atoms with E-state index in [1.165, 1.54) is 31.4 Å². The molecule has 1 aliphatic carbocycles. The number of nitrogens with one attached hydrogen (secondary N) is 1. The fourth-order valence-electron chi connectivity index (χ4n) is 3.58. The fraction of sp³-hybridized carbons (Fsp3) is 0.667. The molecular formula is C18H29N. The van der Waals surface area contributed by atoms with Gasteiger partial charge in [-0.3, -0.25) is 0 Å². The van der Waals surface area contributed by atoms with Crippen LogP contribution in [0.3, 0.4) is 0 Å². The third-order valence-electron chi connectivity index (χ3n) is 4.78. The van der Waals surface area contributed by atoms with E-state index >= 15 is 0 Å². The lowest BCUT2D eigenvalue weighted by Gasteiger charge is -2.41. The van der Waals surface area contributed by atoms with Gasteiger partial charge in [-0.05, 0) is 67.7 Å². The summed E-state index contributed by atoms with van der Waals surface area (Å²) in [6, 6.07) is 8.97. The van der Waals surface area contributed by atoms with E-state index in [2.05, 4.69) is 57.3 Å². The lowest BCUT2D eigenvalue weighted by Crippen LogP contribution is -2.35. The van der Waals surface area contributed by atoms with Crippen LogP contribution >= 0.6 is 0 Å². The first-order chi connectivity index (χ1) is 9.03. The smallest absolute Gasteiger partial charge is 0.00148 e. The highest BCUT2D eigenvalue weighted by molar-refractivity contribution is 5.30. The summed E-state index contributed by atoms with van der Waals surface area (Å²) in [6.45, 7) is 11.6. The molecule has 0 amide bonds. The second-order valence-electron chi connectivity index (χ2n) is 6.94. The third-order valence-corrected chi connectivity index (χ3v) is 4.78. The van der Waals surface area contributed by atoms with Gasteiger partial charge in [0.2, 0.25) is 0 Å². The van der Waals surface area contributed by atoms with Crippen molar-refractivity contribution < 1.29 is 0 Å². The van der Waals surface area contributed by atoms with Gasteiger partial charge in [0, 0.05) is 0 Å². The fourth-order valence-corrected chi connectivity index (χ4v) is 3.58. The third kappa shape index (κ3) is 3.60. The van der Waals surface area contributed by atoms with E-state index in [1.807, 2.05) is 0 Å². The van der Waals surface area contributed by atoms with Gasteiger partial charge in [-0.1, -0.05) is 45.0 Å². The van der Waals surface area contributed by atoms with Crippen molar-refractivity contribution in [2.45, 2.75) is 52.9 Å². The van der Waals surface area contributed by atoms with Crippen LogP contribution in [0.15, 0.2) is 24.3 Å². The number of hydrogen-bond donors (Lipinski definition) is 1. The highest BCUT2D eigenvalue weighted by atomic mass is 14.8. The zero-order valence-corrected chi connectivity index (χ0v) is 13.0. The van der Waals surface area contributed by atoms with Gasteiger partial charge < -0.3 is 5.32 Å². The maximum absolute atomic E-state index is 3.56. The van der Waals surface area contributed by atoms with Gasteiger partial charge in [0.15, 0.2) is 0 Å². The standard InChI is InChI=1S/C18H29N/c1-5-19-13-15-10-11-18(3,4)12-17(15)16-9-7-6-8-14(16)2/h6-9,15,17,19H,5,10-13H2,1-4H3. The summed E-state index contributed by atoms with van der Waals surface area (Å²) in [5, 5.41) is 3.56. The van der Waals surface area contributed by atoms with E-state index in [1.54, 1.807) is 5.56 Å². The van der Waals surface area contributed by atoms with Crippen molar-refractivity contribution in [2.75, 3.05) is 13.1 Å². The van der Waals surface area contributed by atoms with E-state index in [-0.39, 0.29) is 0 Å². The molecule has 2 unspecified atom stereocenters. The summed E-state index contributed by atoms with van der Waals surface area (Å²) in [4.78, 5) is 0. The van der Waals surface area contributed by atoms with E-state index in [0.29, 0.717) is 5.41 Å². The quantitative estimate of drug-likeness (QED) is 0.838. The Kier molecular flexibility index (Phi) is 4.67. The summed E-state index contributed by atoms with van der Waals surface area (Å²) in [5.74, 6) is 1.53. The largest absolute Gasteiger partial charge is 0.317 e. The van der Waals surface area contributed by atoms with E-state index in [9.17, 15) is 0 Å². The zero-order valence-electron chi connectivity index (χ0n) is 13.0. The molecule has 1 nitrogen and oxygen atoms in total. The maximum atomic E-state index is 3.56. The van der Waals surface area contributed by atoms with Crippen molar-refractivity contribution in [3.8, 4) is 0 Å². The Hall–Kier alpha value is -0.820. The molecule has 1 aromatic carbocycles. The van der Waals surface area contributed by atoms with Crippen molar-refractivity contribution in [3.63, 3.8) is 0 Å². The van der Waals surface area contributed by atoms with Crippen LogP contribution in [0, 0.1) is 18.3 Å².